The van der Waals surface area contributed by atoms with Crippen molar-refractivity contribution in [3.63, 3.8) is 0 Å². The van der Waals surface area contributed by atoms with Crippen molar-refractivity contribution in [2.45, 2.75) is 25.8 Å². The van der Waals surface area contributed by atoms with Crippen molar-refractivity contribution in [1.29, 1.82) is 0 Å². The predicted molar refractivity (Wildman–Crippen MR) is 77.4 cm³/mol. The number of rotatable bonds is 7. The number of likely N-dealkylation sites (N-methyl/N-ethyl adjacent to an activating group) is 1. The Labute approximate surface area is 120 Å². The molecule has 7 heteroatoms. The summed E-state index contributed by atoms with van der Waals surface area (Å²) in [7, 11) is 0. The second-order valence-electron chi connectivity index (χ2n) is 4.56. The first-order valence-corrected chi connectivity index (χ1v) is 7.19. The molecule has 0 amide bonds. The number of aromatic nitrogens is 1. The van der Waals surface area contributed by atoms with Crippen LogP contribution in [0.4, 0.5) is 11.5 Å². The Morgan fingerprint density at radius 1 is 1.63 bits per heavy atom. The maximum atomic E-state index is 10.9. The summed E-state index contributed by atoms with van der Waals surface area (Å²) in [5, 5.41) is 14.0. The van der Waals surface area contributed by atoms with Gasteiger partial charge < -0.3 is 5.32 Å². The van der Waals surface area contributed by atoms with E-state index >= 15 is 0 Å². The van der Waals surface area contributed by atoms with E-state index in [2.05, 4.69) is 38.1 Å². The summed E-state index contributed by atoms with van der Waals surface area (Å²) >= 11 is 3.19. The van der Waals surface area contributed by atoms with Crippen LogP contribution < -0.4 is 5.32 Å². The summed E-state index contributed by atoms with van der Waals surface area (Å²) in [6.07, 6.45) is 4.10. The summed E-state index contributed by atoms with van der Waals surface area (Å²) < 4.78 is 0.609. The van der Waals surface area contributed by atoms with Crippen LogP contribution in [0, 0.1) is 10.1 Å². The second-order valence-corrected chi connectivity index (χ2v) is 5.48. The number of halogens is 1. The highest BCUT2D eigenvalue weighted by Crippen LogP contribution is 2.27. The summed E-state index contributed by atoms with van der Waals surface area (Å²) in [6, 6.07) is 2.17. The second kappa shape index (κ2) is 6.29. The van der Waals surface area contributed by atoms with Crippen LogP contribution in [0.15, 0.2) is 16.7 Å². The van der Waals surface area contributed by atoms with E-state index < -0.39 is 4.92 Å². The minimum atomic E-state index is -0.418. The third-order valence-corrected chi connectivity index (χ3v) is 3.63. The van der Waals surface area contributed by atoms with Gasteiger partial charge in [-0.1, -0.05) is 6.92 Å². The van der Waals surface area contributed by atoms with Crippen LogP contribution in [0.2, 0.25) is 0 Å². The molecule has 1 aliphatic rings. The Hall–Kier alpha value is -1.21. The zero-order valence-corrected chi connectivity index (χ0v) is 12.4. The molecule has 1 saturated carbocycles. The lowest BCUT2D eigenvalue weighted by molar-refractivity contribution is -0.384. The maximum Gasteiger partial charge on any atom is 0.312 e. The number of nitrogens with one attached hydrogen (secondary N) is 1. The molecule has 1 fully saturated rings. The zero-order valence-electron chi connectivity index (χ0n) is 10.8. The lowest BCUT2D eigenvalue weighted by Gasteiger charge is -2.19. The van der Waals surface area contributed by atoms with Crippen LogP contribution in [0.1, 0.15) is 19.8 Å². The first kappa shape index (κ1) is 14.2. The smallest absolute Gasteiger partial charge is 0.312 e. The molecule has 19 heavy (non-hydrogen) atoms. The van der Waals surface area contributed by atoms with Gasteiger partial charge in [0.1, 0.15) is 0 Å². The summed E-state index contributed by atoms with van der Waals surface area (Å²) in [5.74, 6) is 0.333. The molecule has 1 aliphatic carbocycles. The van der Waals surface area contributed by atoms with Gasteiger partial charge in [0.2, 0.25) is 5.82 Å². The third-order valence-electron chi connectivity index (χ3n) is 3.19. The van der Waals surface area contributed by atoms with Crippen LogP contribution in [0.3, 0.4) is 0 Å². The Morgan fingerprint density at radius 3 is 2.95 bits per heavy atom. The molecule has 0 aromatic carbocycles. The van der Waals surface area contributed by atoms with Crippen LogP contribution in [0.5, 0.6) is 0 Å². The Bertz CT molecular complexity index is 465. The monoisotopic (exact) mass is 328 g/mol. The quantitative estimate of drug-likeness (QED) is 0.615. The van der Waals surface area contributed by atoms with Gasteiger partial charge in [0, 0.05) is 35.9 Å². The number of nitrogens with zero attached hydrogens (tertiary/aromatic N) is 3. The van der Waals surface area contributed by atoms with Crippen molar-refractivity contribution in [3.05, 3.63) is 26.9 Å². The molecule has 0 spiro atoms. The molecule has 6 nitrogen and oxygen atoms in total. The maximum absolute atomic E-state index is 10.9. The van der Waals surface area contributed by atoms with Crippen molar-refractivity contribution in [2.24, 2.45) is 0 Å². The molecular formula is C12H17BrN4O2. The van der Waals surface area contributed by atoms with Crippen LogP contribution in [-0.2, 0) is 0 Å². The minimum absolute atomic E-state index is 0.00356. The fourth-order valence-corrected chi connectivity index (χ4v) is 2.38. The average molecular weight is 329 g/mol. The molecule has 104 valence electrons. The topological polar surface area (TPSA) is 71.3 Å². The summed E-state index contributed by atoms with van der Waals surface area (Å²) in [4.78, 5) is 17.0. The van der Waals surface area contributed by atoms with Crippen molar-refractivity contribution >= 4 is 27.4 Å². The SMILES string of the molecule is CCN(CCNc1ncc(Br)cc1[N+](=O)[O-])C1CC1. The highest BCUT2D eigenvalue weighted by molar-refractivity contribution is 9.10. The standard InChI is InChI=1S/C12H17BrN4O2/c1-2-16(10-3-4-10)6-5-14-12-11(17(18)19)7-9(13)8-15-12/h7-8,10H,2-6H2,1H3,(H,14,15). The molecule has 1 aromatic rings. The molecular weight excluding hydrogens is 312 g/mol. The molecule has 0 bridgehead atoms. The van der Waals surface area contributed by atoms with Crippen molar-refractivity contribution in [2.75, 3.05) is 25.0 Å². The van der Waals surface area contributed by atoms with E-state index in [0.717, 1.165) is 13.1 Å². The van der Waals surface area contributed by atoms with Crippen molar-refractivity contribution in [1.82, 2.24) is 9.88 Å². The fourth-order valence-electron chi connectivity index (χ4n) is 2.06. The van der Waals surface area contributed by atoms with E-state index in [4.69, 9.17) is 0 Å². The zero-order chi connectivity index (χ0) is 13.8. The number of nitro groups is 1. The molecule has 0 radical (unpaired) electrons. The first-order valence-electron chi connectivity index (χ1n) is 6.39. The van der Waals surface area contributed by atoms with Gasteiger partial charge in [0.25, 0.3) is 0 Å². The lowest BCUT2D eigenvalue weighted by atomic mass is 10.4. The van der Waals surface area contributed by atoms with Gasteiger partial charge in [0.15, 0.2) is 0 Å². The normalized spacial score (nSPS) is 14.7. The van der Waals surface area contributed by atoms with E-state index in [9.17, 15) is 10.1 Å². The number of hydrogen-bond donors (Lipinski definition) is 1. The molecule has 1 heterocycles. The van der Waals surface area contributed by atoms with Crippen LogP contribution in [0.25, 0.3) is 0 Å². The van der Waals surface area contributed by atoms with Gasteiger partial charge in [-0.3, -0.25) is 15.0 Å². The Balaban J connectivity index is 1.93. The van der Waals surface area contributed by atoms with Gasteiger partial charge in [-0.15, -0.1) is 0 Å². The Morgan fingerprint density at radius 2 is 2.37 bits per heavy atom. The fraction of sp³-hybridized carbons (Fsp3) is 0.583. The van der Waals surface area contributed by atoms with Gasteiger partial charge in [-0.25, -0.2) is 4.98 Å². The van der Waals surface area contributed by atoms with Crippen LogP contribution in [-0.4, -0.2) is 40.5 Å². The minimum Gasteiger partial charge on any atom is -0.363 e. The number of hydrogen-bond acceptors (Lipinski definition) is 5. The third kappa shape index (κ3) is 3.87. The van der Waals surface area contributed by atoms with Gasteiger partial charge >= 0.3 is 5.69 Å². The highest BCUT2D eigenvalue weighted by atomic mass is 79.9. The Kier molecular flexibility index (Phi) is 4.71. The van der Waals surface area contributed by atoms with Crippen molar-refractivity contribution in [3.8, 4) is 0 Å². The molecule has 0 saturated heterocycles. The van der Waals surface area contributed by atoms with Gasteiger partial charge in [-0.05, 0) is 35.3 Å². The van der Waals surface area contributed by atoms with E-state index in [-0.39, 0.29) is 5.69 Å². The molecule has 0 atom stereocenters. The molecule has 0 unspecified atom stereocenters. The number of pyridine rings is 1. The largest absolute Gasteiger partial charge is 0.363 e. The predicted octanol–water partition coefficient (Wildman–Crippen LogP) is 2.65. The lowest BCUT2D eigenvalue weighted by Crippen LogP contribution is -2.31. The summed E-state index contributed by atoms with van der Waals surface area (Å²) in [6.45, 7) is 4.71. The van der Waals surface area contributed by atoms with Gasteiger partial charge in [-0.2, -0.15) is 0 Å². The van der Waals surface area contributed by atoms with E-state index in [0.29, 0.717) is 22.9 Å². The molecule has 2 rings (SSSR count). The van der Waals surface area contributed by atoms with Crippen molar-refractivity contribution < 1.29 is 4.92 Å². The van der Waals surface area contributed by atoms with Crippen LogP contribution >= 0.6 is 15.9 Å². The molecule has 0 aliphatic heterocycles. The summed E-state index contributed by atoms with van der Waals surface area (Å²) in [5.41, 5.74) is 0.00356. The van der Waals surface area contributed by atoms with E-state index in [1.807, 2.05) is 0 Å². The van der Waals surface area contributed by atoms with E-state index in [1.54, 1.807) is 6.20 Å². The number of anilines is 1. The van der Waals surface area contributed by atoms with E-state index in [1.165, 1.54) is 18.9 Å². The average Bonchev–Trinajstić information content (AvgIpc) is 3.20. The molecule has 1 N–H and O–H groups in total. The first-order chi connectivity index (χ1) is 9.11. The molecule has 1 aromatic heterocycles. The van der Waals surface area contributed by atoms with Gasteiger partial charge in [0.05, 0.1) is 4.92 Å². The highest BCUT2D eigenvalue weighted by Gasteiger charge is 2.27.